The fourth-order valence-corrected chi connectivity index (χ4v) is 7.86. The minimum Gasteiger partial charge on any atom is -0.388 e. The van der Waals surface area contributed by atoms with E-state index in [1.807, 2.05) is 4.90 Å². The largest absolute Gasteiger partial charge is 0.388 e. The number of morpholine rings is 1. The summed E-state index contributed by atoms with van der Waals surface area (Å²) in [7, 11) is -4.34. The van der Waals surface area contributed by atoms with Gasteiger partial charge in [-0.3, -0.25) is 14.5 Å². The number of halogens is 1. The van der Waals surface area contributed by atoms with Crippen molar-refractivity contribution in [3.8, 4) is 0 Å². The summed E-state index contributed by atoms with van der Waals surface area (Å²) in [5, 5.41) is 24.5. The molecule has 234 valence electrons. The van der Waals surface area contributed by atoms with Crippen molar-refractivity contribution in [2.75, 3.05) is 39.3 Å². The van der Waals surface area contributed by atoms with Crippen molar-refractivity contribution in [1.29, 1.82) is 0 Å². The van der Waals surface area contributed by atoms with Crippen molar-refractivity contribution in [3.63, 3.8) is 0 Å². The summed E-state index contributed by atoms with van der Waals surface area (Å²) in [6, 6.07) is 3.62. The van der Waals surface area contributed by atoms with E-state index < -0.39 is 64.9 Å². The Morgan fingerprint density at radius 3 is 2.67 bits per heavy atom. The van der Waals surface area contributed by atoms with E-state index in [1.165, 1.54) is 12.1 Å². The van der Waals surface area contributed by atoms with Gasteiger partial charge in [-0.2, -0.15) is 4.31 Å². The second kappa shape index (κ2) is 12.2. The predicted molar refractivity (Wildman–Crippen MR) is 146 cm³/mol. The molecule has 4 fully saturated rings. The maximum Gasteiger partial charge on any atom is 0.243 e. The van der Waals surface area contributed by atoms with Gasteiger partial charge >= 0.3 is 0 Å². The summed E-state index contributed by atoms with van der Waals surface area (Å²) in [6.45, 7) is 0.669. The van der Waals surface area contributed by atoms with Crippen LogP contribution in [-0.4, -0.2) is 136 Å². The summed E-state index contributed by atoms with van der Waals surface area (Å²) in [5.41, 5.74) is 0. The second-order valence-corrected chi connectivity index (χ2v) is 13.4. The molecule has 43 heavy (non-hydrogen) atoms. The molecule has 4 aliphatic heterocycles. The Morgan fingerprint density at radius 1 is 1.09 bits per heavy atom. The molecule has 0 unspecified atom stereocenters. The fourth-order valence-electron chi connectivity index (χ4n) is 6.35. The van der Waals surface area contributed by atoms with E-state index >= 15 is 0 Å². The zero-order valence-electron chi connectivity index (χ0n) is 23.3. The summed E-state index contributed by atoms with van der Waals surface area (Å²) in [4.78, 5) is 37.5. The van der Waals surface area contributed by atoms with Crippen molar-refractivity contribution in [2.45, 2.75) is 66.9 Å². The molecule has 4 aliphatic rings. The van der Waals surface area contributed by atoms with Crippen LogP contribution in [0.4, 0.5) is 4.39 Å². The van der Waals surface area contributed by atoms with Gasteiger partial charge in [-0.1, -0.05) is 6.07 Å². The Labute approximate surface area is 247 Å². The Morgan fingerprint density at radius 2 is 1.91 bits per heavy atom. The van der Waals surface area contributed by atoms with Crippen LogP contribution in [0.15, 0.2) is 41.6 Å². The van der Waals surface area contributed by atoms with Crippen LogP contribution in [-0.2, 0) is 35.6 Å². The number of H-pyrrole nitrogens is 1. The molecule has 5 heterocycles. The summed E-state index contributed by atoms with van der Waals surface area (Å²) in [6.07, 6.45) is -2.56. The van der Waals surface area contributed by atoms with Gasteiger partial charge in [0, 0.05) is 51.2 Å². The maximum absolute atomic E-state index is 14.1. The lowest BCUT2D eigenvalue weighted by Gasteiger charge is -2.38. The number of rotatable bonds is 4. The van der Waals surface area contributed by atoms with Crippen LogP contribution in [0.1, 0.15) is 18.7 Å². The molecule has 16 heteroatoms. The van der Waals surface area contributed by atoms with E-state index in [0.29, 0.717) is 31.9 Å². The normalized spacial score (nSPS) is 33.1. The molecule has 4 N–H and O–H groups in total. The van der Waals surface area contributed by atoms with Gasteiger partial charge in [-0.05, 0) is 24.6 Å². The number of hydrogen-bond donors (Lipinski definition) is 4. The number of hydrogen-bond acceptors (Lipinski definition) is 10. The van der Waals surface area contributed by atoms with E-state index in [-0.39, 0.29) is 43.0 Å². The van der Waals surface area contributed by atoms with Gasteiger partial charge in [-0.15, -0.1) is 0 Å². The van der Waals surface area contributed by atoms with Gasteiger partial charge in [0.2, 0.25) is 21.8 Å². The highest BCUT2D eigenvalue weighted by Crippen LogP contribution is 2.29. The van der Waals surface area contributed by atoms with E-state index in [0.717, 1.165) is 16.4 Å². The molecule has 7 atom stereocenters. The van der Waals surface area contributed by atoms with Crippen molar-refractivity contribution >= 4 is 21.8 Å². The van der Waals surface area contributed by atoms with Crippen molar-refractivity contribution < 1.29 is 42.1 Å². The Bertz CT molecular complexity index is 1430. The van der Waals surface area contributed by atoms with E-state index in [2.05, 4.69) is 15.3 Å². The average Bonchev–Trinajstić information content (AvgIpc) is 3.69. The van der Waals surface area contributed by atoms with Gasteiger partial charge < -0.3 is 34.9 Å². The Hall–Kier alpha value is -2.99. The Balaban J connectivity index is 1.32. The SMILES string of the molecule is O=C1C[C@@H]2O[C@H](CN(S(=O)(=O)c3cccc(F)c3)C[C@@H]3CN(CCO3)C(=O)[C@@H]3C[C@@H](CN3Cc3ncc[nH]3)N1)[C@@H](O)[C@H]2O. The third kappa shape index (κ3) is 6.31. The van der Waals surface area contributed by atoms with E-state index in [1.54, 1.807) is 17.3 Å². The van der Waals surface area contributed by atoms with Crippen LogP contribution < -0.4 is 5.32 Å². The number of nitrogens with one attached hydrogen (secondary N) is 2. The number of nitrogens with zero attached hydrogens (tertiary/aromatic N) is 4. The highest BCUT2D eigenvalue weighted by molar-refractivity contribution is 7.89. The smallest absolute Gasteiger partial charge is 0.243 e. The first-order valence-electron chi connectivity index (χ1n) is 14.3. The quantitative estimate of drug-likeness (QED) is 0.311. The number of amides is 2. The molecule has 0 saturated carbocycles. The van der Waals surface area contributed by atoms with Crippen LogP contribution in [0.5, 0.6) is 0 Å². The zero-order valence-corrected chi connectivity index (χ0v) is 24.1. The molecule has 0 spiro atoms. The standard InChI is InChI=1S/C27H35FN6O8S/c28-16-2-1-3-19(8-16)43(39,40)34-13-18-12-32(6-7-41-18)27(38)20-9-17(11-33(20)15-23-29-4-5-30-23)31-24(35)10-21-25(36)26(37)22(14-34)42-21/h1-5,8,17-18,20-22,25-26,36-37H,6-7,9-15H2,(H,29,30)(H,31,35)/t17-,18-,20-,21-,22+,25-,26+/m0/s1. The first kappa shape index (κ1) is 30.1. The molecular formula is C27H35FN6O8S. The van der Waals surface area contributed by atoms with Crippen LogP contribution in [0.25, 0.3) is 0 Å². The molecule has 0 radical (unpaired) electrons. The van der Waals surface area contributed by atoms with Crippen LogP contribution in [0.2, 0.25) is 0 Å². The lowest BCUT2D eigenvalue weighted by atomic mass is 10.0. The van der Waals surface area contributed by atoms with Crippen LogP contribution in [0.3, 0.4) is 0 Å². The van der Waals surface area contributed by atoms with E-state index in [4.69, 9.17) is 9.47 Å². The van der Waals surface area contributed by atoms with Gasteiger partial charge in [0.25, 0.3) is 0 Å². The topological polar surface area (TPSA) is 178 Å². The number of carbonyl (C=O) groups excluding carboxylic acids is 2. The number of aliphatic hydroxyl groups excluding tert-OH is 2. The van der Waals surface area contributed by atoms with Crippen molar-refractivity contribution in [3.05, 3.63) is 48.3 Å². The van der Waals surface area contributed by atoms with Gasteiger partial charge in [0.15, 0.2) is 0 Å². The molecule has 6 rings (SSSR count). The lowest BCUT2D eigenvalue weighted by molar-refractivity contribution is -0.144. The number of fused-ring (bicyclic) bond motifs is 6. The second-order valence-electron chi connectivity index (χ2n) is 11.4. The molecule has 1 aromatic carbocycles. The number of likely N-dealkylation sites (tertiary alicyclic amines) is 1. The third-order valence-corrected chi connectivity index (χ3v) is 10.3. The molecule has 4 saturated heterocycles. The summed E-state index contributed by atoms with van der Waals surface area (Å²) >= 11 is 0. The van der Waals surface area contributed by atoms with Gasteiger partial charge in [0.05, 0.1) is 42.7 Å². The number of aliphatic hydroxyl groups is 2. The maximum atomic E-state index is 14.1. The lowest BCUT2D eigenvalue weighted by Crippen LogP contribution is -2.55. The molecule has 6 bridgehead atoms. The number of aromatic nitrogens is 2. The third-order valence-electron chi connectivity index (χ3n) is 8.48. The number of benzene rings is 1. The number of aromatic amines is 1. The minimum atomic E-state index is -4.34. The number of carbonyl (C=O) groups is 2. The average molecular weight is 623 g/mol. The van der Waals surface area contributed by atoms with Crippen molar-refractivity contribution in [1.82, 2.24) is 29.4 Å². The molecule has 1 aromatic heterocycles. The first-order valence-corrected chi connectivity index (χ1v) is 15.7. The Kier molecular flexibility index (Phi) is 8.52. The predicted octanol–water partition coefficient (Wildman–Crippen LogP) is -1.58. The number of imidazole rings is 1. The summed E-state index contributed by atoms with van der Waals surface area (Å²) < 4.78 is 54.4. The van der Waals surface area contributed by atoms with Gasteiger partial charge in [0.1, 0.15) is 30.0 Å². The van der Waals surface area contributed by atoms with Crippen LogP contribution >= 0.6 is 0 Å². The fraction of sp³-hybridized carbons (Fsp3) is 0.593. The van der Waals surface area contributed by atoms with Crippen LogP contribution in [0, 0.1) is 5.82 Å². The highest BCUT2D eigenvalue weighted by atomic mass is 32.2. The zero-order chi connectivity index (χ0) is 30.3. The monoisotopic (exact) mass is 622 g/mol. The van der Waals surface area contributed by atoms with Crippen molar-refractivity contribution in [2.24, 2.45) is 0 Å². The molecule has 0 aliphatic carbocycles. The highest BCUT2D eigenvalue weighted by Gasteiger charge is 2.47. The summed E-state index contributed by atoms with van der Waals surface area (Å²) in [5.74, 6) is -0.682. The van der Waals surface area contributed by atoms with Gasteiger partial charge in [-0.25, -0.2) is 17.8 Å². The minimum absolute atomic E-state index is 0.0927. The molecule has 2 aromatic rings. The molecular weight excluding hydrogens is 587 g/mol. The molecule has 14 nitrogen and oxygen atoms in total. The van der Waals surface area contributed by atoms with E-state index in [9.17, 15) is 32.6 Å². The first-order chi connectivity index (χ1) is 20.6. The number of sulfonamides is 1. The number of ether oxygens (including phenoxy) is 2. The molecule has 2 amide bonds.